The van der Waals surface area contributed by atoms with E-state index in [4.69, 9.17) is 0 Å². The van der Waals surface area contributed by atoms with Crippen LogP contribution in [0.25, 0.3) is 0 Å². The monoisotopic (exact) mass is 294 g/mol. The van der Waals surface area contributed by atoms with Gasteiger partial charge in [0.1, 0.15) is 0 Å². The summed E-state index contributed by atoms with van der Waals surface area (Å²) >= 11 is 0. The molecule has 0 aromatic carbocycles. The largest absolute Gasteiger partial charge is 0.393 e. The van der Waals surface area contributed by atoms with Crippen LogP contribution in [0.15, 0.2) is 0 Å². The SMILES string of the molecule is CC1CCC(C(C)C)C(C2(C)CCC(C(C)C)C(O)C2)C1. The van der Waals surface area contributed by atoms with E-state index in [1.807, 2.05) is 0 Å². The number of hydrogen-bond donors (Lipinski definition) is 1. The van der Waals surface area contributed by atoms with Crippen LogP contribution in [0.3, 0.4) is 0 Å². The molecule has 0 saturated heterocycles. The second-order valence-corrected chi connectivity index (χ2v) is 9.30. The summed E-state index contributed by atoms with van der Waals surface area (Å²) in [5, 5.41) is 10.7. The maximum absolute atomic E-state index is 10.7. The molecule has 0 aliphatic heterocycles. The average Bonchev–Trinajstić information content (AvgIpc) is 2.37. The first-order valence-electron chi connectivity index (χ1n) is 9.42. The third kappa shape index (κ3) is 3.66. The predicted octanol–water partition coefficient (Wildman–Crippen LogP) is 5.52. The minimum atomic E-state index is -0.0752. The van der Waals surface area contributed by atoms with Gasteiger partial charge in [-0.3, -0.25) is 0 Å². The Labute approximate surface area is 132 Å². The fourth-order valence-corrected chi connectivity index (χ4v) is 5.54. The van der Waals surface area contributed by atoms with Gasteiger partial charge >= 0.3 is 0 Å². The highest BCUT2D eigenvalue weighted by atomic mass is 16.3. The Hall–Kier alpha value is -0.0400. The Morgan fingerprint density at radius 3 is 2.10 bits per heavy atom. The van der Waals surface area contributed by atoms with Gasteiger partial charge in [-0.1, -0.05) is 48.0 Å². The molecule has 2 rings (SSSR count). The molecule has 2 saturated carbocycles. The van der Waals surface area contributed by atoms with Gasteiger partial charge in [0, 0.05) is 0 Å². The van der Waals surface area contributed by atoms with Crippen molar-refractivity contribution in [3.8, 4) is 0 Å². The van der Waals surface area contributed by atoms with Crippen molar-refractivity contribution in [2.24, 2.45) is 40.9 Å². The molecule has 6 atom stereocenters. The van der Waals surface area contributed by atoms with Crippen LogP contribution in [0.5, 0.6) is 0 Å². The topological polar surface area (TPSA) is 20.2 Å². The highest BCUT2D eigenvalue weighted by Crippen LogP contribution is 2.54. The highest BCUT2D eigenvalue weighted by molar-refractivity contribution is 4.97. The van der Waals surface area contributed by atoms with Crippen LogP contribution < -0.4 is 0 Å². The number of hydrogen-bond acceptors (Lipinski definition) is 1. The molecule has 0 heterocycles. The van der Waals surface area contributed by atoms with E-state index in [0.29, 0.717) is 17.3 Å². The molecule has 2 aliphatic rings. The van der Waals surface area contributed by atoms with Crippen molar-refractivity contribution in [2.45, 2.75) is 86.2 Å². The summed E-state index contributed by atoms with van der Waals surface area (Å²) in [6.07, 6.45) is 7.72. The van der Waals surface area contributed by atoms with Crippen LogP contribution in [-0.4, -0.2) is 11.2 Å². The van der Waals surface area contributed by atoms with Crippen molar-refractivity contribution < 1.29 is 5.11 Å². The predicted molar refractivity (Wildman–Crippen MR) is 91.1 cm³/mol. The normalized spacial score (nSPS) is 45.3. The van der Waals surface area contributed by atoms with E-state index in [1.165, 1.54) is 32.1 Å². The molecule has 0 radical (unpaired) electrons. The summed E-state index contributed by atoms with van der Waals surface area (Å²) in [6, 6.07) is 0. The van der Waals surface area contributed by atoms with E-state index in [9.17, 15) is 5.11 Å². The van der Waals surface area contributed by atoms with Crippen molar-refractivity contribution in [1.29, 1.82) is 0 Å². The Morgan fingerprint density at radius 2 is 1.57 bits per heavy atom. The second kappa shape index (κ2) is 6.60. The van der Waals surface area contributed by atoms with Crippen LogP contribution in [0.2, 0.25) is 0 Å². The molecule has 1 heteroatoms. The highest BCUT2D eigenvalue weighted by Gasteiger charge is 2.47. The van der Waals surface area contributed by atoms with E-state index in [2.05, 4.69) is 41.5 Å². The third-order valence-corrected chi connectivity index (χ3v) is 6.99. The first-order chi connectivity index (χ1) is 9.74. The van der Waals surface area contributed by atoms with Gasteiger partial charge in [-0.25, -0.2) is 0 Å². The second-order valence-electron chi connectivity index (χ2n) is 9.30. The van der Waals surface area contributed by atoms with Crippen molar-refractivity contribution in [1.82, 2.24) is 0 Å². The molecule has 0 amide bonds. The van der Waals surface area contributed by atoms with Gasteiger partial charge in [0.05, 0.1) is 6.10 Å². The van der Waals surface area contributed by atoms with Gasteiger partial charge < -0.3 is 5.11 Å². The number of aliphatic hydroxyl groups is 1. The van der Waals surface area contributed by atoms with E-state index >= 15 is 0 Å². The summed E-state index contributed by atoms with van der Waals surface area (Å²) in [7, 11) is 0. The number of rotatable bonds is 3. The summed E-state index contributed by atoms with van der Waals surface area (Å²) in [4.78, 5) is 0. The summed E-state index contributed by atoms with van der Waals surface area (Å²) in [5.74, 6) is 4.51. The molecule has 0 aromatic rings. The van der Waals surface area contributed by atoms with Gasteiger partial charge in [-0.05, 0) is 73.0 Å². The zero-order valence-corrected chi connectivity index (χ0v) is 15.2. The molecule has 2 aliphatic carbocycles. The Kier molecular flexibility index (Phi) is 5.45. The van der Waals surface area contributed by atoms with Crippen LogP contribution in [-0.2, 0) is 0 Å². The fraction of sp³-hybridized carbons (Fsp3) is 1.00. The molecular weight excluding hydrogens is 256 g/mol. The summed E-state index contributed by atoms with van der Waals surface area (Å²) in [5.41, 5.74) is 0.369. The van der Waals surface area contributed by atoms with Crippen molar-refractivity contribution in [3.63, 3.8) is 0 Å². The Bertz CT molecular complexity index is 335. The smallest absolute Gasteiger partial charge is 0.0576 e. The molecule has 1 N–H and O–H groups in total. The van der Waals surface area contributed by atoms with Gasteiger partial charge in [0.25, 0.3) is 0 Å². The van der Waals surface area contributed by atoms with Crippen LogP contribution in [0.1, 0.15) is 80.1 Å². The molecule has 21 heavy (non-hydrogen) atoms. The maximum Gasteiger partial charge on any atom is 0.0576 e. The molecule has 0 spiro atoms. The average molecular weight is 295 g/mol. The van der Waals surface area contributed by atoms with Gasteiger partial charge in [0.2, 0.25) is 0 Å². The third-order valence-electron chi connectivity index (χ3n) is 6.99. The molecule has 124 valence electrons. The number of aliphatic hydroxyl groups excluding tert-OH is 1. The van der Waals surface area contributed by atoms with E-state index in [0.717, 1.165) is 30.1 Å². The lowest BCUT2D eigenvalue weighted by atomic mass is 9.54. The zero-order valence-electron chi connectivity index (χ0n) is 15.2. The quantitative estimate of drug-likeness (QED) is 0.727. The lowest BCUT2D eigenvalue weighted by Gasteiger charge is -2.52. The Balaban J connectivity index is 2.14. The lowest BCUT2D eigenvalue weighted by Crippen LogP contribution is -2.46. The molecule has 0 bridgehead atoms. The van der Waals surface area contributed by atoms with Gasteiger partial charge in [-0.15, -0.1) is 0 Å². The maximum atomic E-state index is 10.7. The van der Waals surface area contributed by atoms with Crippen LogP contribution in [0.4, 0.5) is 0 Å². The fourth-order valence-electron chi connectivity index (χ4n) is 5.54. The minimum absolute atomic E-state index is 0.0752. The zero-order chi connectivity index (χ0) is 15.8. The molecule has 6 unspecified atom stereocenters. The van der Waals surface area contributed by atoms with E-state index in [1.54, 1.807) is 0 Å². The standard InChI is InChI=1S/C20H38O/c1-13(2)16-8-7-15(5)11-18(16)20(6)10-9-17(14(3)4)19(21)12-20/h13-19,21H,7-12H2,1-6H3. The van der Waals surface area contributed by atoms with Crippen LogP contribution in [0, 0.1) is 40.9 Å². The minimum Gasteiger partial charge on any atom is -0.393 e. The van der Waals surface area contributed by atoms with E-state index in [-0.39, 0.29) is 6.10 Å². The lowest BCUT2D eigenvalue weighted by molar-refractivity contribution is -0.0680. The molecular formula is C20H38O. The first kappa shape index (κ1) is 17.3. The van der Waals surface area contributed by atoms with Crippen molar-refractivity contribution >= 4 is 0 Å². The van der Waals surface area contributed by atoms with Gasteiger partial charge in [-0.2, -0.15) is 0 Å². The summed E-state index contributed by atoms with van der Waals surface area (Å²) in [6.45, 7) is 14.3. The van der Waals surface area contributed by atoms with Crippen LogP contribution >= 0.6 is 0 Å². The molecule has 0 aromatic heterocycles. The van der Waals surface area contributed by atoms with Crippen molar-refractivity contribution in [2.75, 3.05) is 0 Å². The Morgan fingerprint density at radius 1 is 0.952 bits per heavy atom. The van der Waals surface area contributed by atoms with Gasteiger partial charge in [0.15, 0.2) is 0 Å². The first-order valence-corrected chi connectivity index (χ1v) is 9.42. The molecule has 1 nitrogen and oxygen atoms in total. The summed E-state index contributed by atoms with van der Waals surface area (Å²) < 4.78 is 0. The van der Waals surface area contributed by atoms with Crippen molar-refractivity contribution in [3.05, 3.63) is 0 Å². The molecule has 2 fully saturated rings. The van der Waals surface area contributed by atoms with E-state index < -0.39 is 0 Å².